The Kier molecular flexibility index (Phi) is 3.42. The monoisotopic (exact) mass is 190 g/mol. The van der Waals surface area contributed by atoms with Crippen LogP contribution in [0.15, 0.2) is 36.4 Å². The van der Waals surface area contributed by atoms with Crippen LogP contribution in [0.2, 0.25) is 0 Å². The summed E-state index contributed by atoms with van der Waals surface area (Å²) in [6.07, 6.45) is 3.10. The number of hydrogen-bond acceptors (Lipinski definition) is 2. The molecule has 0 fully saturated rings. The van der Waals surface area contributed by atoms with E-state index in [4.69, 9.17) is 5.84 Å². The number of nitrogens with zero attached hydrogens (tertiary/aromatic N) is 1. The molecule has 0 bridgehead atoms. The van der Waals surface area contributed by atoms with Gasteiger partial charge in [-0.1, -0.05) is 18.2 Å². The van der Waals surface area contributed by atoms with Crippen LogP contribution in [0.4, 0.5) is 5.69 Å². The van der Waals surface area contributed by atoms with Crippen molar-refractivity contribution in [2.24, 2.45) is 5.84 Å². The van der Waals surface area contributed by atoms with E-state index in [0.29, 0.717) is 5.69 Å². The standard InChI is InChI=1S/C11H14N2O/c1-3-5-11(14)13(12)10-7-4-6-9(2)8-10/h3-8H,12H2,1-2H3/b5-3+. The molecule has 0 radical (unpaired) electrons. The number of allylic oxidation sites excluding steroid dienone is 1. The molecule has 1 aromatic carbocycles. The fourth-order valence-electron chi connectivity index (χ4n) is 1.13. The van der Waals surface area contributed by atoms with Crippen LogP contribution < -0.4 is 10.9 Å². The summed E-state index contributed by atoms with van der Waals surface area (Å²) in [5.74, 6) is 5.40. The van der Waals surface area contributed by atoms with Crippen LogP contribution in [0, 0.1) is 6.92 Å². The van der Waals surface area contributed by atoms with Gasteiger partial charge in [-0.3, -0.25) is 4.79 Å². The molecule has 3 nitrogen and oxygen atoms in total. The molecule has 0 aliphatic rings. The Hall–Kier alpha value is -1.61. The van der Waals surface area contributed by atoms with Crippen molar-refractivity contribution < 1.29 is 4.79 Å². The third kappa shape index (κ3) is 2.44. The first-order chi connectivity index (χ1) is 6.65. The summed E-state index contributed by atoms with van der Waals surface area (Å²) >= 11 is 0. The lowest BCUT2D eigenvalue weighted by atomic mass is 10.2. The first kappa shape index (κ1) is 10.5. The second kappa shape index (κ2) is 4.58. The van der Waals surface area contributed by atoms with Gasteiger partial charge in [0.25, 0.3) is 5.91 Å². The van der Waals surface area contributed by atoms with Gasteiger partial charge in [-0.25, -0.2) is 10.9 Å². The van der Waals surface area contributed by atoms with Gasteiger partial charge in [0.1, 0.15) is 0 Å². The Morgan fingerprint density at radius 2 is 2.21 bits per heavy atom. The highest BCUT2D eigenvalue weighted by atomic mass is 16.2. The topological polar surface area (TPSA) is 46.3 Å². The molecule has 0 spiro atoms. The van der Waals surface area contributed by atoms with Crippen LogP contribution in [0.1, 0.15) is 12.5 Å². The van der Waals surface area contributed by atoms with Gasteiger partial charge in [-0.2, -0.15) is 0 Å². The third-order valence-corrected chi connectivity index (χ3v) is 1.83. The van der Waals surface area contributed by atoms with Crippen molar-refractivity contribution in [3.63, 3.8) is 0 Å². The highest BCUT2D eigenvalue weighted by Crippen LogP contribution is 2.12. The van der Waals surface area contributed by atoms with Crippen molar-refractivity contribution in [1.29, 1.82) is 0 Å². The highest BCUT2D eigenvalue weighted by Gasteiger charge is 2.07. The molecular formula is C11H14N2O. The van der Waals surface area contributed by atoms with E-state index in [1.54, 1.807) is 19.1 Å². The van der Waals surface area contributed by atoms with Gasteiger partial charge in [0.2, 0.25) is 0 Å². The number of benzene rings is 1. The predicted molar refractivity (Wildman–Crippen MR) is 57.7 cm³/mol. The second-order valence-electron chi connectivity index (χ2n) is 3.05. The molecule has 3 heteroatoms. The van der Waals surface area contributed by atoms with E-state index >= 15 is 0 Å². The third-order valence-electron chi connectivity index (χ3n) is 1.83. The fraction of sp³-hybridized carbons (Fsp3) is 0.182. The average molecular weight is 190 g/mol. The SMILES string of the molecule is C/C=C/C(=O)N(N)c1cccc(C)c1. The minimum Gasteiger partial charge on any atom is -0.268 e. The van der Waals surface area contributed by atoms with Gasteiger partial charge >= 0.3 is 0 Å². The van der Waals surface area contributed by atoms with Crippen molar-refractivity contribution in [2.45, 2.75) is 13.8 Å². The predicted octanol–water partition coefficient (Wildman–Crippen LogP) is 1.78. The smallest absolute Gasteiger partial charge is 0.264 e. The van der Waals surface area contributed by atoms with E-state index in [1.807, 2.05) is 25.1 Å². The molecule has 74 valence electrons. The normalized spacial score (nSPS) is 10.5. The molecule has 0 aromatic heterocycles. The molecule has 0 saturated heterocycles. The number of carbonyl (C=O) groups is 1. The van der Waals surface area contributed by atoms with Crippen LogP contribution in [0.3, 0.4) is 0 Å². The number of aryl methyl sites for hydroxylation is 1. The maximum Gasteiger partial charge on any atom is 0.264 e. The summed E-state index contributed by atoms with van der Waals surface area (Å²) in [5.41, 5.74) is 1.78. The van der Waals surface area contributed by atoms with Crippen molar-refractivity contribution in [3.05, 3.63) is 42.0 Å². The van der Waals surface area contributed by atoms with E-state index in [1.165, 1.54) is 6.08 Å². The Morgan fingerprint density at radius 1 is 1.50 bits per heavy atom. The van der Waals surface area contributed by atoms with Gasteiger partial charge in [0.15, 0.2) is 0 Å². The molecule has 1 aromatic rings. The first-order valence-electron chi connectivity index (χ1n) is 4.43. The van der Waals surface area contributed by atoms with Gasteiger partial charge in [0.05, 0.1) is 5.69 Å². The van der Waals surface area contributed by atoms with Crippen LogP contribution in [0.5, 0.6) is 0 Å². The van der Waals surface area contributed by atoms with E-state index < -0.39 is 0 Å². The Bertz CT molecular complexity index is 358. The number of nitrogens with two attached hydrogens (primary N) is 1. The number of hydrogen-bond donors (Lipinski definition) is 1. The summed E-state index contributed by atoms with van der Waals surface area (Å²) in [5, 5.41) is 1.13. The molecule has 0 saturated carbocycles. The molecule has 0 unspecified atom stereocenters. The van der Waals surface area contributed by atoms with Gasteiger partial charge in [0, 0.05) is 6.08 Å². The van der Waals surface area contributed by atoms with E-state index in [9.17, 15) is 4.79 Å². The molecule has 14 heavy (non-hydrogen) atoms. The zero-order chi connectivity index (χ0) is 10.6. The molecule has 1 rings (SSSR count). The number of carbonyl (C=O) groups excluding carboxylic acids is 1. The fourth-order valence-corrected chi connectivity index (χ4v) is 1.13. The maximum atomic E-state index is 11.4. The molecule has 2 N–H and O–H groups in total. The molecular weight excluding hydrogens is 176 g/mol. The molecule has 0 atom stereocenters. The van der Waals surface area contributed by atoms with Crippen LogP contribution in [-0.4, -0.2) is 5.91 Å². The van der Waals surface area contributed by atoms with Gasteiger partial charge in [-0.05, 0) is 31.5 Å². The Balaban J connectivity index is 2.89. The van der Waals surface area contributed by atoms with Crippen molar-refractivity contribution in [1.82, 2.24) is 0 Å². The Morgan fingerprint density at radius 3 is 2.79 bits per heavy atom. The summed E-state index contributed by atoms with van der Waals surface area (Å²) in [7, 11) is 0. The lowest BCUT2D eigenvalue weighted by molar-refractivity contribution is -0.114. The van der Waals surface area contributed by atoms with E-state index in [-0.39, 0.29) is 5.91 Å². The largest absolute Gasteiger partial charge is 0.268 e. The summed E-state index contributed by atoms with van der Waals surface area (Å²) < 4.78 is 0. The number of hydrazine groups is 1. The quantitative estimate of drug-likeness (QED) is 0.334. The zero-order valence-electron chi connectivity index (χ0n) is 8.40. The molecule has 1 amide bonds. The van der Waals surface area contributed by atoms with Crippen molar-refractivity contribution in [2.75, 3.05) is 5.01 Å². The molecule has 0 aliphatic carbocycles. The van der Waals surface area contributed by atoms with Crippen LogP contribution in [0.25, 0.3) is 0 Å². The Labute approximate surface area is 83.8 Å². The van der Waals surface area contributed by atoms with E-state index in [2.05, 4.69) is 0 Å². The number of amides is 1. The highest BCUT2D eigenvalue weighted by molar-refractivity contribution is 6.00. The average Bonchev–Trinajstić information content (AvgIpc) is 2.17. The number of anilines is 1. The molecule has 0 heterocycles. The second-order valence-corrected chi connectivity index (χ2v) is 3.05. The minimum atomic E-state index is -0.224. The lowest BCUT2D eigenvalue weighted by Crippen LogP contribution is -2.36. The zero-order valence-corrected chi connectivity index (χ0v) is 8.40. The van der Waals surface area contributed by atoms with Crippen molar-refractivity contribution in [3.8, 4) is 0 Å². The van der Waals surface area contributed by atoms with Gasteiger partial charge in [-0.15, -0.1) is 0 Å². The van der Waals surface area contributed by atoms with E-state index in [0.717, 1.165) is 10.6 Å². The molecule has 0 aliphatic heterocycles. The first-order valence-corrected chi connectivity index (χ1v) is 4.43. The van der Waals surface area contributed by atoms with Crippen molar-refractivity contribution >= 4 is 11.6 Å². The lowest BCUT2D eigenvalue weighted by Gasteiger charge is -2.14. The summed E-state index contributed by atoms with van der Waals surface area (Å²) in [6, 6.07) is 7.49. The van der Waals surface area contributed by atoms with Crippen LogP contribution in [-0.2, 0) is 4.79 Å². The maximum absolute atomic E-state index is 11.4. The minimum absolute atomic E-state index is 0.224. The summed E-state index contributed by atoms with van der Waals surface area (Å²) in [6.45, 7) is 3.74. The number of rotatable bonds is 2. The summed E-state index contributed by atoms with van der Waals surface area (Å²) in [4.78, 5) is 11.4. The van der Waals surface area contributed by atoms with Crippen LogP contribution >= 0.6 is 0 Å². The van der Waals surface area contributed by atoms with Gasteiger partial charge < -0.3 is 0 Å².